The van der Waals surface area contributed by atoms with Gasteiger partial charge in [-0.2, -0.15) is 0 Å². The summed E-state index contributed by atoms with van der Waals surface area (Å²) in [6, 6.07) is 10.2. The predicted octanol–water partition coefficient (Wildman–Crippen LogP) is 4.76. The quantitative estimate of drug-likeness (QED) is 0.598. The lowest BCUT2D eigenvalue weighted by molar-refractivity contribution is -0.130. The van der Waals surface area contributed by atoms with Crippen LogP contribution in [0.15, 0.2) is 30.3 Å². The SMILES string of the molecule is C[C@@H](OC(=O)c1cc2c(s1)CCCCC2)C(=O)N[C@H]1CCCc2ccccc21. The van der Waals surface area contributed by atoms with Crippen molar-refractivity contribution in [3.63, 3.8) is 0 Å². The third-order valence-electron chi connectivity index (χ3n) is 5.79. The maximum atomic E-state index is 12.6. The predicted molar refractivity (Wildman–Crippen MR) is 111 cm³/mol. The number of carbonyl (C=O) groups is 2. The smallest absolute Gasteiger partial charge is 0.349 e. The van der Waals surface area contributed by atoms with Crippen LogP contribution in [-0.2, 0) is 28.8 Å². The van der Waals surface area contributed by atoms with Crippen molar-refractivity contribution in [3.05, 3.63) is 56.8 Å². The number of hydrogen-bond acceptors (Lipinski definition) is 4. The second kappa shape index (κ2) is 8.48. The van der Waals surface area contributed by atoms with Gasteiger partial charge in [-0.3, -0.25) is 4.79 Å². The van der Waals surface area contributed by atoms with E-state index in [1.165, 1.54) is 52.2 Å². The summed E-state index contributed by atoms with van der Waals surface area (Å²) in [5, 5.41) is 3.08. The van der Waals surface area contributed by atoms with E-state index in [9.17, 15) is 9.59 Å². The molecule has 0 aliphatic heterocycles. The Hall–Kier alpha value is -2.14. The van der Waals surface area contributed by atoms with Gasteiger partial charge in [-0.05, 0) is 74.6 Å². The maximum Gasteiger partial charge on any atom is 0.349 e. The molecule has 2 aromatic rings. The lowest BCUT2D eigenvalue weighted by Crippen LogP contribution is -2.39. The highest BCUT2D eigenvalue weighted by atomic mass is 32.1. The molecule has 5 heteroatoms. The molecule has 0 saturated heterocycles. The van der Waals surface area contributed by atoms with Crippen molar-refractivity contribution in [1.82, 2.24) is 5.32 Å². The highest BCUT2D eigenvalue weighted by Crippen LogP contribution is 2.31. The van der Waals surface area contributed by atoms with Gasteiger partial charge in [0.25, 0.3) is 5.91 Å². The fourth-order valence-electron chi connectivity index (χ4n) is 4.23. The summed E-state index contributed by atoms with van der Waals surface area (Å²) in [6.45, 7) is 1.65. The summed E-state index contributed by atoms with van der Waals surface area (Å²) in [6.07, 6.45) is 7.92. The minimum Gasteiger partial charge on any atom is -0.448 e. The van der Waals surface area contributed by atoms with Gasteiger partial charge in [0, 0.05) is 4.88 Å². The molecule has 2 atom stereocenters. The zero-order chi connectivity index (χ0) is 19.5. The number of carbonyl (C=O) groups excluding carboxylic acids is 2. The van der Waals surface area contributed by atoms with Crippen LogP contribution in [-0.4, -0.2) is 18.0 Å². The normalized spacial score (nSPS) is 19.7. The zero-order valence-electron chi connectivity index (χ0n) is 16.3. The molecule has 28 heavy (non-hydrogen) atoms. The molecule has 1 aromatic heterocycles. The molecule has 2 aliphatic rings. The van der Waals surface area contributed by atoms with E-state index in [-0.39, 0.29) is 17.9 Å². The first-order chi connectivity index (χ1) is 13.6. The van der Waals surface area contributed by atoms with E-state index in [4.69, 9.17) is 4.74 Å². The highest BCUT2D eigenvalue weighted by Gasteiger charge is 2.26. The average molecular weight is 398 g/mol. The Morgan fingerprint density at radius 2 is 1.86 bits per heavy atom. The molecule has 0 bridgehead atoms. The van der Waals surface area contributed by atoms with Crippen LogP contribution in [0.1, 0.15) is 76.3 Å². The summed E-state index contributed by atoms with van der Waals surface area (Å²) in [5.41, 5.74) is 3.76. The molecule has 2 aliphatic carbocycles. The molecular formula is C23H27NO3S. The molecule has 4 rings (SSSR count). The number of thiophene rings is 1. The molecule has 4 nitrogen and oxygen atoms in total. The number of ether oxygens (including phenoxy) is 1. The van der Waals surface area contributed by atoms with Gasteiger partial charge in [-0.25, -0.2) is 4.79 Å². The van der Waals surface area contributed by atoms with E-state index < -0.39 is 6.10 Å². The van der Waals surface area contributed by atoms with E-state index in [0.29, 0.717) is 4.88 Å². The Morgan fingerprint density at radius 3 is 2.75 bits per heavy atom. The van der Waals surface area contributed by atoms with Crippen LogP contribution in [0.4, 0.5) is 0 Å². The number of aryl methyl sites for hydroxylation is 3. The number of fused-ring (bicyclic) bond motifs is 2. The second-order valence-electron chi connectivity index (χ2n) is 7.82. The van der Waals surface area contributed by atoms with Gasteiger partial charge in [0.2, 0.25) is 0 Å². The standard InChI is InChI=1S/C23H27NO3S/c1-15(22(25)24-19-12-7-10-16-8-5-6-11-18(16)19)27-23(26)21-14-17-9-3-2-4-13-20(17)28-21/h5-6,8,11,14-15,19H,2-4,7,9-10,12-13H2,1H3,(H,24,25)/t15-,19+/m1/s1. The minimum atomic E-state index is -0.802. The van der Waals surface area contributed by atoms with E-state index in [0.717, 1.165) is 32.1 Å². The van der Waals surface area contributed by atoms with Crippen molar-refractivity contribution < 1.29 is 14.3 Å². The number of rotatable bonds is 4. The first-order valence-corrected chi connectivity index (χ1v) is 11.1. The molecule has 0 spiro atoms. The van der Waals surface area contributed by atoms with Crippen LogP contribution in [0.5, 0.6) is 0 Å². The molecule has 1 N–H and O–H groups in total. The molecule has 148 valence electrons. The van der Waals surface area contributed by atoms with Crippen molar-refractivity contribution in [1.29, 1.82) is 0 Å². The molecule has 1 aromatic carbocycles. The highest BCUT2D eigenvalue weighted by molar-refractivity contribution is 7.14. The summed E-state index contributed by atoms with van der Waals surface area (Å²) < 4.78 is 5.50. The summed E-state index contributed by atoms with van der Waals surface area (Å²) in [7, 11) is 0. The van der Waals surface area contributed by atoms with Gasteiger partial charge in [0.1, 0.15) is 4.88 Å². The fourth-order valence-corrected chi connectivity index (χ4v) is 5.37. The average Bonchev–Trinajstić information content (AvgIpc) is 2.99. The topological polar surface area (TPSA) is 55.4 Å². The van der Waals surface area contributed by atoms with Gasteiger partial charge < -0.3 is 10.1 Å². The Bertz CT molecular complexity index is 849. The van der Waals surface area contributed by atoms with Crippen molar-refractivity contribution in [2.75, 3.05) is 0 Å². The lowest BCUT2D eigenvalue weighted by Gasteiger charge is -2.27. The second-order valence-corrected chi connectivity index (χ2v) is 8.96. The van der Waals surface area contributed by atoms with Crippen LogP contribution in [0, 0.1) is 0 Å². The van der Waals surface area contributed by atoms with Gasteiger partial charge in [-0.15, -0.1) is 11.3 Å². The monoisotopic (exact) mass is 397 g/mol. The van der Waals surface area contributed by atoms with E-state index in [2.05, 4.69) is 17.4 Å². The summed E-state index contributed by atoms with van der Waals surface area (Å²) in [5.74, 6) is -0.613. The maximum absolute atomic E-state index is 12.6. The van der Waals surface area contributed by atoms with Gasteiger partial charge in [0.15, 0.2) is 6.10 Å². The number of benzene rings is 1. The van der Waals surface area contributed by atoms with Crippen molar-refractivity contribution in [2.45, 2.75) is 70.4 Å². The molecule has 0 unspecified atom stereocenters. The summed E-state index contributed by atoms with van der Waals surface area (Å²) in [4.78, 5) is 27.1. The van der Waals surface area contributed by atoms with Crippen LogP contribution in [0.2, 0.25) is 0 Å². The molecule has 1 amide bonds. The van der Waals surface area contributed by atoms with Crippen molar-refractivity contribution in [3.8, 4) is 0 Å². The molecular weight excluding hydrogens is 370 g/mol. The lowest BCUT2D eigenvalue weighted by atomic mass is 9.87. The number of esters is 1. The summed E-state index contributed by atoms with van der Waals surface area (Å²) >= 11 is 1.53. The fraction of sp³-hybridized carbons (Fsp3) is 0.478. The zero-order valence-corrected chi connectivity index (χ0v) is 17.1. The van der Waals surface area contributed by atoms with Crippen molar-refractivity contribution >= 4 is 23.2 Å². The molecule has 0 saturated carbocycles. The number of nitrogens with one attached hydrogen (secondary N) is 1. The van der Waals surface area contributed by atoms with Gasteiger partial charge in [-0.1, -0.05) is 30.7 Å². The van der Waals surface area contributed by atoms with Gasteiger partial charge >= 0.3 is 5.97 Å². The van der Waals surface area contributed by atoms with Crippen LogP contribution >= 0.6 is 11.3 Å². The third kappa shape index (κ3) is 4.14. The molecule has 0 fully saturated rings. The Kier molecular flexibility index (Phi) is 5.81. The van der Waals surface area contributed by atoms with E-state index in [1.807, 2.05) is 18.2 Å². The molecule has 1 heterocycles. The first-order valence-electron chi connectivity index (χ1n) is 10.3. The Balaban J connectivity index is 1.38. The van der Waals surface area contributed by atoms with Crippen LogP contribution < -0.4 is 5.32 Å². The van der Waals surface area contributed by atoms with E-state index >= 15 is 0 Å². The Labute approximate surface area is 170 Å². The number of hydrogen-bond donors (Lipinski definition) is 1. The van der Waals surface area contributed by atoms with Crippen LogP contribution in [0.25, 0.3) is 0 Å². The Morgan fingerprint density at radius 1 is 1.07 bits per heavy atom. The number of amides is 1. The minimum absolute atomic E-state index is 0.00333. The van der Waals surface area contributed by atoms with Crippen molar-refractivity contribution in [2.24, 2.45) is 0 Å². The largest absolute Gasteiger partial charge is 0.448 e. The third-order valence-corrected chi connectivity index (χ3v) is 7.00. The molecule has 0 radical (unpaired) electrons. The van der Waals surface area contributed by atoms with E-state index in [1.54, 1.807) is 6.92 Å². The van der Waals surface area contributed by atoms with Crippen LogP contribution in [0.3, 0.4) is 0 Å². The first kappa shape index (κ1) is 19.2. The van der Waals surface area contributed by atoms with Gasteiger partial charge in [0.05, 0.1) is 6.04 Å².